The van der Waals surface area contributed by atoms with Crippen LogP contribution in [-0.4, -0.2) is 0 Å². The van der Waals surface area contributed by atoms with Gasteiger partial charge in [0.15, 0.2) is 0 Å². The van der Waals surface area contributed by atoms with Crippen molar-refractivity contribution in [3.8, 4) is 0 Å². The lowest BCUT2D eigenvalue weighted by atomic mass is 10.1. The Kier molecular flexibility index (Phi) is 3.48. The van der Waals surface area contributed by atoms with E-state index in [1.54, 1.807) is 6.07 Å². The summed E-state index contributed by atoms with van der Waals surface area (Å²) < 4.78 is 13.7. The highest BCUT2D eigenvalue weighted by Crippen LogP contribution is 2.27. The van der Waals surface area contributed by atoms with Crippen LogP contribution in [0.1, 0.15) is 11.1 Å². The van der Waals surface area contributed by atoms with Crippen LogP contribution in [0.15, 0.2) is 40.9 Å². The summed E-state index contributed by atoms with van der Waals surface area (Å²) in [6, 6.07) is 10.8. The normalized spacial score (nSPS) is 10.4. The summed E-state index contributed by atoms with van der Waals surface area (Å²) in [5, 5.41) is 3.27. The van der Waals surface area contributed by atoms with Crippen molar-refractivity contribution in [3.05, 3.63) is 57.8 Å². The second kappa shape index (κ2) is 4.88. The second-order valence-electron chi connectivity index (χ2n) is 4.13. The number of anilines is 2. The molecule has 0 radical (unpaired) electrons. The average molecular weight is 294 g/mol. The van der Waals surface area contributed by atoms with Gasteiger partial charge in [-0.2, -0.15) is 0 Å². The lowest BCUT2D eigenvalue weighted by Gasteiger charge is -2.10. The summed E-state index contributed by atoms with van der Waals surface area (Å²) in [7, 11) is 0. The number of aryl methyl sites for hydroxylation is 2. The molecule has 0 aromatic heterocycles. The van der Waals surface area contributed by atoms with Gasteiger partial charge in [0, 0.05) is 10.2 Å². The fourth-order valence-electron chi connectivity index (χ4n) is 1.79. The van der Waals surface area contributed by atoms with Crippen molar-refractivity contribution >= 4 is 27.3 Å². The van der Waals surface area contributed by atoms with Gasteiger partial charge in [0.25, 0.3) is 0 Å². The van der Waals surface area contributed by atoms with Crippen LogP contribution in [0.3, 0.4) is 0 Å². The van der Waals surface area contributed by atoms with Crippen LogP contribution in [0.2, 0.25) is 0 Å². The van der Waals surface area contributed by atoms with Crippen LogP contribution < -0.4 is 5.32 Å². The Morgan fingerprint density at radius 2 is 1.65 bits per heavy atom. The zero-order chi connectivity index (χ0) is 12.4. The van der Waals surface area contributed by atoms with Gasteiger partial charge in [-0.25, -0.2) is 4.39 Å². The van der Waals surface area contributed by atoms with Crippen LogP contribution >= 0.6 is 15.9 Å². The number of halogens is 2. The quantitative estimate of drug-likeness (QED) is 0.826. The van der Waals surface area contributed by atoms with E-state index in [4.69, 9.17) is 0 Å². The molecule has 0 aliphatic carbocycles. The van der Waals surface area contributed by atoms with Crippen molar-refractivity contribution < 1.29 is 4.39 Å². The smallest absolute Gasteiger partial charge is 0.124 e. The molecule has 3 heteroatoms. The molecule has 1 nitrogen and oxygen atoms in total. The first-order chi connectivity index (χ1) is 8.04. The summed E-state index contributed by atoms with van der Waals surface area (Å²) in [5.74, 6) is -0.247. The standard InChI is InChI=1S/C14H13BrFN/c1-9-5-10(2)7-12(6-9)17-14-4-3-11(16)8-13(14)15/h3-8,17H,1-2H3. The maximum atomic E-state index is 13.0. The van der Waals surface area contributed by atoms with Gasteiger partial charge >= 0.3 is 0 Å². The summed E-state index contributed by atoms with van der Waals surface area (Å²) in [5.41, 5.74) is 4.27. The molecule has 88 valence electrons. The molecule has 0 saturated carbocycles. The lowest BCUT2D eigenvalue weighted by molar-refractivity contribution is 0.627. The van der Waals surface area contributed by atoms with Gasteiger partial charge in [-0.1, -0.05) is 6.07 Å². The van der Waals surface area contributed by atoms with Gasteiger partial charge < -0.3 is 5.32 Å². The van der Waals surface area contributed by atoms with Crippen LogP contribution in [-0.2, 0) is 0 Å². The van der Waals surface area contributed by atoms with E-state index in [0.717, 1.165) is 15.8 Å². The SMILES string of the molecule is Cc1cc(C)cc(Nc2ccc(F)cc2Br)c1. The minimum atomic E-state index is -0.247. The number of hydrogen-bond donors (Lipinski definition) is 1. The first-order valence-corrected chi connectivity index (χ1v) is 6.14. The Morgan fingerprint density at radius 3 is 2.24 bits per heavy atom. The molecule has 0 aliphatic rings. The minimum Gasteiger partial charge on any atom is -0.355 e. The van der Waals surface area contributed by atoms with E-state index in [9.17, 15) is 4.39 Å². The average Bonchev–Trinajstić information content (AvgIpc) is 2.21. The number of rotatable bonds is 2. The van der Waals surface area contributed by atoms with Crippen LogP contribution in [0.25, 0.3) is 0 Å². The third-order valence-electron chi connectivity index (χ3n) is 2.43. The van der Waals surface area contributed by atoms with Gasteiger partial charge in [0.1, 0.15) is 5.82 Å². The van der Waals surface area contributed by atoms with Gasteiger partial charge in [0.2, 0.25) is 0 Å². The van der Waals surface area contributed by atoms with E-state index in [0.29, 0.717) is 0 Å². The largest absolute Gasteiger partial charge is 0.355 e. The topological polar surface area (TPSA) is 12.0 Å². The molecule has 2 rings (SSSR count). The molecule has 0 saturated heterocycles. The zero-order valence-corrected chi connectivity index (χ0v) is 11.3. The van der Waals surface area contributed by atoms with Gasteiger partial charge in [-0.05, 0) is 71.2 Å². The van der Waals surface area contributed by atoms with E-state index in [2.05, 4.69) is 53.3 Å². The zero-order valence-electron chi connectivity index (χ0n) is 9.72. The fourth-order valence-corrected chi connectivity index (χ4v) is 2.24. The number of hydrogen-bond acceptors (Lipinski definition) is 1. The predicted octanol–water partition coefficient (Wildman–Crippen LogP) is 4.95. The molecule has 0 atom stereocenters. The van der Waals surface area contributed by atoms with Crippen molar-refractivity contribution in [3.63, 3.8) is 0 Å². The van der Waals surface area contributed by atoms with E-state index in [1.165, 1.54) is 23.3 Å². The molecule has 0 amide bonds. The third kappa shape index (κ3) is 3.07. The molecule has 0 heterocycles. The van der Waals surface area contributed by atoms with Crippen molar-refractivity contribution in [2.24, 2.45) is 0 Å². The van der Waals surface area contributed by atoms with Crippen molar-refractivity contribution in [1.82, 2.24) is 0 Å². The highest BCUT2D eigenvalue weighted by molar-refractivity contribution is 9.10. The fraction of sp³-hybridized carbons (Fsp3) is 0.143. The van der Waals surface area contributed by atoms with Gasteiger partial charge in [-0.15, -0.1) is 0 Å². The molecular weight excluding hydrogens is 281 g/mol. The minimum absolute atomic E-state index is 0.247. The number of benzene rings is 2. The van der Waals surface area contributed by atoms with Crippen LogP contribution in [0.4, 0.5) is 15.8 Å². The highest BCUT2D eigenvalue weighted by Gasteiger charge is 2.02. The van der Waals surface area contributed by atoms with Crippen molar-refractivity contribution in [2.45, 2.75) is 13.8 Å². The molecule has 0 aliphatic heterocycles. The Bertz CT molecular complexity index is 532. The Hall–Kier alpha value is -1.35. The molecule has 0 unspecified atom stereocenters. The number of nitrogens with one attached hydrogen (secondary N) is 1. The van der Waals surface area contributed by atoms with E-state index >= 15 is 0 Å². The summed E-state index contributed by atoms with van der Waals surface area (Å²) in [6.45, 7) is 4.11. The molecule has 2 aromatic rings. The van der Waals surface area contributed by atoms with Crippen molar-refractivity contribution in [1.29, 1.82) is 0 Å². The molecule has 0 bridgehead atoms. The third-order valence-corrected chi connectivity index (χ3v) is 3.09. The van der Waals surface area contributed by atoms with Crippen LogP contribution in [0, 0.1) is 19.7 Å². The van der Waals surface area contributed by atoms with E-state index in [-0.39, 0.29) is 5.82 Å². The monoisotopic (exact) mass is 293 g/mol. The first-order valence-electron chi connectivity index (χ1n) is 5.35. The maximum Gasteiger partial charge on any atom is 0.124 e. The van der Waals surface area contributed by atoms with E-state index < -0.39 is 0 Å². The van der Waals surface area contributed by atoms with Gasteiger partial charge in [-0.3, -0.25) is 0 Å². The van der Waals surface area contributed by atoms with Gasteiger partial charge in [0.05, 0.1) is 5.69 Å². The molecule has 1 N–H and O–H groups in total. The molecule has 0 spiro atoms. The van der Waals surface area contributed by atoms with Crippen LogP contribution in [0.5, 0.6) is 0 Å². The summed E-state index contributed by atoms with van der Waals surface area (Å²) in [6.07, 6.45) is 0. The summed E-state index contributed by atoms with van der Waals surface area (Å²) >= 11 is 3.34. The molecule has 17 heavy (non-hydrogen) atoms. The Labute approximate surface area is 109 Å². The molecule has 2 aromatic carbocycles. The highest BCUT2D eigenvalue weighted by atomic mass is 79.9. The lowest BCUT2D eigenvalue weighted by Crippen LogP contribution is -1.93. The first kappa shape index (κ1) is 12.1. The second-order valence-corrected chi connectivity index (χ2v) is 4.98. The van der Waals surface area contributed by atoms with E-state index in [1.807, 2.05) is 0 Å². The Morgan fingerprint density at radius 1 is 1.00 bits per heavy atom. The predicted molar refractivity (Wildman–Crippen MR) is 73.3 cm³/mol. The molecule has 0 fully saturated rings. The molecular formula is C14H13BrFN. The Balaban J connectivity index is 2.31. The van der Waals surface area contributed by atoms with Crippen molar-refractivity contribution in [2.75, 3.05) is 5.32 Å². The summed E-state index contributed by atoms with van der Waals surface area (Å²) in [4.78, 5) is 0. The maximum absolute atomic E-state index is 13.0.